The Morgan fingerprint density at radius 2 is 1.63 bits per heavy atom. The highest BCUT2D eigenvalue weighted by molar-refractivity contribution is 7.80. The molecular formula is C11H20N4O3S. The zero-order chi connectivity index (χ0) is 14.6. The highest BCUT2D eigenvalue weighted by atomic mass is 32.1. The number of hydrogen-bond acceptors (Lipinski definition) is 4. The molecule has 1 heterocycles. The molecule has 1 saturated heterocycles. The third-order valence-corrected chi connectivity index (χ3v) is 2.55. The molecule has 0 saturated carbocycles. The van der Waals surface area contributed by atoms with Crippen LogP contribution in [0.5, 0.6) is 0 Å². The Kier molecular flexibility index (Phi) is 4.93. The molecule has 1 fully saturated rings. The summed E-state index contributed by atoms with van der Waals surface area (Å²) in [6, 6.07) is -0.337. The number of carbonyl (C=O) groups excluding carboxylic acids is 2. The summed E-state index contributed by atoms with van der Waals surface area (Å²) in [6.07, 6.45) is -0.359. The maximum Gasteiger partial charge on any atom is 0.410 e. The Bertz CT molecular complexity index is 373. The molecule has 0 atom stereocenters. The van der Waals surface area contributed by atoms with E-state index in [2.05, 4.69) is 17.5 Å². The highest BCUT2D eigenvalue weighted by Crippen LogP contribution is 2.11. The third-order valence-electron chi connectivity index (χ3n) is 2.45. The summed E-state index contributed by atoms with van der Waals surface area (Å²) in [5.74, 6) is 0. The fraction of sp³-hybridized carbons (Fsp3) is 0.727. The van der Waals surface area contributed by atoms with Gasteiger partial charge in [0.1, 0.15) is 5.60 Å². The van der Waals surface area contributed by atoms with Gasteiger partial charge in [0.25, 0.3) is 0 Å². The van der Waals surface area contributed by atoms with Crippen molar-refractivity contribution in [3.05, 3.63) is 0 Å². The van der Waals surface area contributed by atoms with Crippen LogP contribution in [0.2, 0.25) is 0 Å². The van der Waals surface area contributed by atoms with Crippen LogP contribution in [-0.2, 0) is 4.74 Å². The predicted octanol–water partition coefficient (Wildman–Crippen LogP) is 0.492. The van der Waals surface area contributed by atoms with E-state index in [1.165, 1.54) is 0 Å². The molecule has 19 heavy (non-hydrogen) atoms. The van der Waals surface area contributed by atoms with E-state index < -0.39 is 5.60 Å². The van der Waals surface area contributed by atoms with Crippen molar-refractivity contribution in [2.75, 3.05) is 26.2 Å². The monoisotopic (exact) mass is 288 g/mol. The molecule has 1 aliphatic heterocycles. The lowest BCUT2D eigenvalue weighted by Gasteiger charge is -2.35. The Morgan fingerprint density at radius 3 is 2.05 bits per heavy atom. The summed E-state index contributed by atoms with van der Waals surface area (Å²) in [7, 11) is 0. The molecule has 0 bridgehead atoms. The molecule has 1 aliphatic rings. The Labute approximate surface area is 118 Å². The van der Waals surface area contributed by atoms with Crippen molar-refractivity contribution in [3.8, 4) is 0 Å². The molecule has 0 aromatic heterocycles. The number of piperazine rings is 1. The van der Waals surface area contributed by atoms with Gasteiger partial charge >= 0.3 is 12.1 Å². The van der Waals surface area contributed by atoms with E-state index >= 15 is 0 Å². The minimum absolute atomic E-state index is 0.0560. The van der Waals surface area contributed by atoms with Crippen LogP contribution in [0.15, 0.2) is 0 Å². The zero-order valence-electron chi connectivity index (χ0n) is 11.4. The van der Waals surface area contributed by atoms with Gasteiger partial charge in [-0.2, -0.15) is 0 Å². The maximum atomic E-state index is 11.8. The van der Waals surface area contributed by atoms with Gasteiger partial charge in [-0.1, -0.05) is 0 Å². The molecule has 0 radical (unpaired) electrons. The van der Waals surface area contributed by atoms with Gasteiger partial charge in [0, 0.05) is 26.2 Å². The minimum Gasteiger partial charge on any atom is -0.444 e. The number of nitrogens with zero attached hydrogens (tertiary/aromatic N) is 2. The van der Waals surface area contributed by atoms with Crippen LogP contribution >= 0.6 is 12.2 Å². The standard InChI is InChI=1S/C11H20N4O3S/c1-11(2,3)18-10(17)15-6-4-14(5-7-15)9(16)13-8(12)19/h4-7H2,1-3H3,(H3,12,13,16,19). The normalized spacial score (nSPS) is 15.9. The average Bonchev–Trinajstić information content (AvgIpc) is 2.26. The first kappa shape index (κ1) is 15.5. The van der Waals surface area contributed by atoms with Crippen LogP contribution in [0, 0.1) is 0 Å². The van der Waals surface area contributed by atoms with E-state index in [4.69, 9.17) is 10.5 Å². The van der Waals surface area contributed by atoms with Crippen LogP contribution in [0.3, 0.4) is 0 Å². The van der Waals surface area contributed by atoms with Gasteiger partial charge in [0.2, 0.25) is 0 Å². The fourth-order valence-corrected chi connectivity index (χ4v) is 1.69. The van der Waals surface area contributed by atoms with Crippen molar-refractivity contribution in [2.24, 2.45) is 5.73 Å². The molecule has 3 amide bonds. The van der Waals surface area contributed by atoms with E-state index in [-0.39, 0.29) is 17.2 Å². The first-order valence-electron chi connectivity index (χ1n) is 6.02. The zero-order valence-corrected chi connectivity index (χ0v) is 12.2. The number of amides is 3. The van der Waals surface area contributed by atoms with Crippen molar-refractivity contribution in [2.45, 2.75) is 26.4 Å². The van der Waals surface area contributed by atoms with Gasteiger partial charge in [-0.3, -0.25) is 5.32 Å². The molecular weight excluding hydrogens is 268 g/mol. The highest BCUT2D eigenvalue weighted by Gasteiger charge is 2.27. The van der Waals surface area contributed by atoms with Crippen LogP contribution in [0.25, 0.3) is 0 Å². The molecule has 7 nitrogen and oxygen atoms in total. The number of rotatable bonds is 0. The molecule has 0 unspecified atom stereocenters. The fourth-order valence-electron chi connectivity index (χ4n) is 1.60. The van der Waals surface area contributed by atoms with Gasteiger partial charge in [-0.15, -0.1) is 0 Å². The first-order chi connectivity index (χ1) is 8.69. The molecule has 8 heteroatoms. The Balaban J connectivity index is 2.42. The second-order valence-corrected chi connectivity index (χ2v) is 5.69. The topological polar surface area (TPSA) is 87.9 Å². The second kappa shape index (κ2) is 6.05. The van der Waals surface area contributed by atoms with Crippen LogP contribution in [0.1, 0.15) is 20.8 Å². The van der Waals surface area contributed by atoms with Gasteiger partial charge in [0.05, 0.1) is 0 Å². The van der Waals surface area contributed by atoms with Crippen molar-refractivity contribution < 1.29 is 14.3 Å². The number of nitrogens with one attached hydrogen (secondary N) is 1. The van der Waals surface area contributed by atoms with E-state index in [9.17, 15) is 9.59 Å². The molecule has 108 valence electrons. The quantitative estimate of drug-likeness (QED) is 0.633. The van der Waals surface area contributed by atoms with E-state index in [0.717, 1.165) is 0 Å². The summed E-state index contributed by atoms with van der Waals surface area (Å²) in [6.45, 7) is 7.16. The molecule has 0 aliphatic carbocycles. The first-order valence-corrected chi connectivity index (χ1v) is 6.43. The smallest absolute Gasteiger partial charge is 0.410 e. The van der Waals surface area contributed by atoms with E-state index in [1.54, 1.807) is 9.80 Å². The van der Waals surface area contributed by atoms with Crippen molar-refractivity contribution in [1.29, 1.82) is 0 Å². The summed E-state index contributed by atoms with van der Waals surface area (Å²) >= 11 is 4.60. The van der Waals surface area contributed by atoms with Gasteiger partial charge in [0.15, 0.2) is 5.11 Å². The number of urea groups is 1. The summed E-state index contributed by atoms with van der Waals surface area (Å²) < 4.78 is 5.26. The molecule has 0 aromatic carbocycles. The largest absolute Gasteiger partial charge is 0.444 e. The van der Waals surface area contributed by atoms with Crippen LogP contribution < -0.4 is 11.1 Å². The van der Waals surface area contributed by atoms with Crippen molar-refractivity contribution in [1.82, 2.24) is 15.1 Å². The lowest BCUT2D eigenvalue weighted by molar-refractivity contribution is 0.0171. The van der Waals surface area contributed by atoms with Crippen molar-refractivity contribution >= 4 is 29.5 Å². The number of nitrogens with two attached hydrogens (primary N) is 1. The summed E-state index contributed by atoms with van der Waals surface area (Å²) in [5.41, 5.74) is 4.72. The number of hydrogen-bond donors (Lipinski definition) is 2. The van der Waals surface area contributed by atoms with Crippen LogP contribution in [-0.4, -0.2) is 58.8 Å². The van der Waals surface area contributed by atoms with Crippen molar-refractivity contribution in [3.63, 3.8) is 0 Å². The summed E-state index contributed by atoms with van der Waals surface area (Å²) in [4.78, 5) is 26.6. The lowest BCUT2D eigenvalue weighted by atomic mass is 10.2. The van der Waals surface area contributed by atoms with Gasteiger partial charge < -0.3 is 20.3 Å². The predicted molar refractivity (Wildman–Crippen MR) is 74.7 cm³/mol. The van der Waals surface area contributed by atoms with E-state index in [0.29, 0.717) is 26.2 Å². The molecule has 0 aromatic rings. The van der Waals surface area contributed by atoms with Gasteiger partial charge in [-0.25, -0.2) is 9.59 Å². The SMILES string of the molecule is CC(C)(C)OC(=O)N1CCN(C(=O)NC(N)=S)CC1. The lowest BCUT2D eigenvalue weighted by Crippen LogP contribution is -2.55. The Hall–Kier alpha value is -1.57. The van der Waals surface area contributed by atoms with Crippen LogP contribution in [0.4, 0.5) is 9.59 Å². The number of carbonyl (C=O) groups is 2. The second-order valence-electron chi connectivity index (χ2n) is 5.25. The Morgan fingerprint density at radius 1 is 1.16 bits per heavy atom. The molecule has 0 spiro atoms. The third kappa shape index (κ3) is 5.29. The minimum atomic E-state index is -0.517. The number of ether oxygens (including phenoxy) is 1. The van der Waals surface area contributed by atoms with Gasteiger partial charge in [-0.05, 0) is 33.0 Å². The maximum absolute atomic E-state index is 11.8. The number of thiocarbonyl (C=S) groups is 1. The molecule has 3 N–H and O–H groups in total. The van der Waals surface area contributed by atoms with E-state index in [1.807, 2.05) is 20.8 Å². The summed E-state index contributed by atoms with van der Waals surface area (Å²) in [5, 5.41) is 2.30. The molecule has 1 rings (SSSR count). The average molecular weight is 288 g/mol.